The minimum Gasteiger partial charge on any atom is -0.397 e. The van der Waals surface area contributed by atoms with Crippen molar-refractivity contribution in [2.24, 2.45) is 0 Å². The van der Waals surface area contributed by atoms with E-state index in [0.717, 1.165) is 23.7 Å². The van der Waals surface area contributed by atoms with Crippen LogP contribution in [0, 0.1) is 5.82 Å². The standard InChI is InChI=1S/C11H14BrFN2S/c1-2-4-16-5-3-15-11-6-8(12)9(13)7-10(11)14/h2,6-7,15H,1,3-5,14H2. The molecule has 0 atom stereocenters. The van der Waals surface area contributed by atoms with Crippen molar-refractivity contribution in [1.29, 1.82) is 0 Å². The summed E-state index contributed by atoms with van der Waals surface area (Å²) in [7, 11) is 0. The summed E-state index contributed by atoms with van der Waals surface area (Å²) in [5.41, 5.74) is 6.87. The van der Waals surface area contributed by atoms with Gasteiger partial charge in [0.1, 0.15) is 5.82 Å². The number of hydrogen-bond acceptors (Lipinski definition) is 3. The van der Waals surface area contributed by atoms with Gasteiger partial charge in [0.15, 0.2) is 0 Å². The molecule has 88 valence electrons. The summed E-state index contributed by atoms with van der Waals surface area (Å²) in [6.45, 7) is 4.44. The first-order chi connectivity index (χ1) is 7.65. The van der Waals surface area contributed by atoms with Gasteiger partial charge in [-0.1, -0.05) is 6.08 Å². The molecular formula is C11H14BrFN2S. The quantitative estimate of drug-likeness (QED) is 0.480. The van der Waals surface area contributed by atoms with Crippen LogP contribution < -0.4 is 11.1 Å². The fourth-order valence-electron chi connectivity index (χ4n) is 1.14. The molecule has 2 nitrogen and oxygen atoms in total. The van der Waals surface area contributed by atoms with Crippen LogP contribution in [0.1, 0.15) is 0 Å². The third kappa shape index (κ3) is 4.06. The Morgan fingerprint density at radius 3 is 3.00 bits per heavy atom. The van der Waals surface area contributed by atoms with Gasteiger partial charge >= 0.3 is 0 Å². The summed E-state index contributed by atoms with van der Waals surface area (Å²) in [5, 5.41) is 3.16. The fraction of sp³-hybridized carbons (Fsp3) is 0.273. The van der Waals surface area contributed by atoms with E-state index < -0.39 is 0 Å². The minimum absolute atomic E-state index is 0.343. The van der Waals surface area contributed by atoms with E-state index in [1.165, 1.54) is 6.07 Å². The largest absolute Gasteiger partial charge is 0.397 e. The number of rotatable bonds is 6. The van der Waals surface area contributed by atoms with E-state index in [-0.39, 0.29) is 5.82 Å². The number of thioether (sulfide) groups is 1. The van der Waals surface area contributed by atoms with Crippen molar-refractivity contribution in [2.45, 2.75) is 0 Å². The van der Waals surface area contributed by atoms with Gasteiger partial charge in [-0.2, -0.15) is 11.8 Å². The molecule has 0 amide bonds. The van der Waals surface area contributed by atoms with Crippen LogP contribution in [-0.2, 0) is 0 Å². The SMILES string of the molecule is C=CCSCCNc1cc(Br)c(F)cc1N. The van der Waals surface area contributed by atoms with Crippen molar-refractivity contribution in [1.82, 2.24) is 0 Å². The molecule has 0 aromatic heterocycles. The molecule has 0 saturated heterocycles. The van der Waals surface area contributed by atoms with Gasteiger partial charge in [0.2, 0.25) is 0 Å². The van der Waals surface area contributed by atoms with Crippen LogP contribution in [-0.4, -0.2) is 18.1 Å². The number of halogens is 2. The lowest BCUT2D eigenvalue weighted by Crippen LogP contribution is -2.07. The predicted molar refractivity (Wildman–Crippen MR) is 74.5 cm³/mol. The van der Waals surface area contributed by atoms with Gasteiger partial charge in [0.25, 0.3) is 0 Å². The van der Waals surface area contributed by atoms with Crippen molar-refractivity contribution >= 4 is 39.1 Å². The molecule has 1 aromatic rings. The first kappa shape index (κ1) is 13.4. The Labute approximate surface area is 108 Å². The molecule has 0 radical (unpaired) electrons. The first-order valence-electron chi connectivity index (χ1n) is 4.82. The maximum absolute atomic E-state index is 13.1. The molecule has 1 rings (SSSR count). The molecular weight excluding hydrogens is 291 g/mol. The zero-order valence-corrected chi connectivity index (χ0v) is 11.2. The lowest BCUT2D eigenvalue weighted by Gasteiger charge is -2.09. The lowest BCUT2D eigenvalue weighted by atomic mass is 10.2. The molecule has 16 heavy (non-hydrogen) atoms. The Morgan fingerprint density at radius 1 is 1.56 bits per heavy atom. The Kier molecular flexibility index (Phi) is 5.69. The molecule has 0 spiro atoms. The van der Waals surface area contributed by atoms with Crippen LogP contribution in [0.2, 0.25) is 0 Å². The summed E-state index contributed by atoms with van der Waals surface area (Å²) in [6, 6.07) is 2.96. The molecule has 3 N–H and O–H groups in total. The van der Waals surface area contributed by atoms with Crippen molar-refractivity contribution < 1.29 is 4.39 Å². The van der Waals surface area contributed by atoms with Gasteiger partial charge in [-0.05, 0) is 22.0 Å². The Balaban J connectivity index is 2.47. The van der Waals surface area contributed by atoms with Gasteiger partial charge in [-0.15, -0.1) is 6.58 Å². The molecule has 0 fully saturated rings. The van der Waals surface area contributed by atoms with Crippen LogP contribution in [0.25, 0.3) is 0 Å². The lowest BCUT2D eigenvalue weighted by molar-refractivity contribution is 0.622. The minimum atomic E-state index is -0.343. The zero-order chi connectivity index (χ0) is 12.0. The second-order valence-electron chi connectivity index (χ2n) is 3.14. The summed E-state index contributed by atoms with van der Waals surface area (Å²) >= 11 is 4.90. The molecule has 0 aliphatic rings. The number of benzene rings is 1. The molecule has 0 heterocycles. The third-order valence-electron chi connectivity index (χ3n) is 1.89. The van der Waals surface area contributed by atoms with Crippen LogP contribution in [0.3, 0.4) is 0 Å². The van der Waals surface area contributed by atoms with E-state index in [1.54, 1.807) is 17.8 Å². The maximum Gasteiger partial charge on any atom is 0.139 e. The van der Waals surface area contributed by atoms with E-state index in [9.17, 15) is 4.39 Å². The van der Waals surface area contributed by atoms with Gasteiger partial charge in [0, 0.05) is 24.1 Å². The predicted octanol–water partition coefficient (Wildman–Crippen LogP) is 3.50. The van der Waals surface area contributed by atoms with Crippen molar-refractivity contribution in [2.75, 3.05) is 29.1 Å². The maximum atomic E-state index is 13.1. The van der Waals surface area contributed by atoms with Crippen LogP contribution in [0.15, 0.2) is 29.3 Å². The molecule has 0 aliphatic carbocycles. The van der Waals surface area contributed by atoms with Crippen LogP contribution in [0.4, 0.5) is 15.8 Å². The molecule has 1 aromatic carbocycles. The second kappa shape index (κ2) is 6.81. The van der Waals surface area contributed by atoms with Gasteiger partial charge in [-0.25, -0.2) is 4.39 Å². The third-order valence-corrected chi connectivity index (χ3v) is 3.46. The number of nitrogens with two attached hydrogens (primary N) is 1. The summed E-state index contributed by atoms with van der Waals surface area (Å²) in [6.07, 6.45) is 1.87. The highest BCUT2D eigenvalue weighted by Gasteiger charge is 2.04. The number of anilines is 2. The van der Waals surface area contributed by atoms with E-state index in [4.69, 9.17) is 5.73 Å². The summed E-state index contributed by atoms with van der Waals surface area (Å²) in [5.74, 6) is 1.55. The van der Waals surface area contributed by atoms with E-state index in [1.807, 2.05) is 6.08 Å². The molecule has 0 unspecified atom stereocenters. The fourth-order valence-corrected chi connectivity index (χ4v) is 2.06. The summed E-state index contributed by atoms with van der Waals surface area (Å²) in [4.78, 5) is 0. The van der Waals surface area contributed by atoms with E-state index >= 15 is 0 Å². The van der Waals surface area contributed by atoms with Crippen LogP contribution >= 0.6 is 27.7 Å². The number of nitrogens with one attached hydrogen (secondary N) is 1. The number of nitrogen functional groups attached to an aromatic ring is 1. The second-order valence-corrected chi connectivity index (χ2v) is 5.15. The molecule has 0 saturated carbocycles. The van der Waals surface area contributed by atoms with Crippen molar-refractivity contribution in [3.8, 4) is 0 Å². The van der Waals surface area contributed by atoms with Gasteiger partial charge in [0.05, 0.1) is 15.8 Å². The zero-order valence-electron chi connectivity index (χ0n) is 8.80. The smallest absolute Gasteiger partial charge is 0.139 e. The van der Waals surface area contributed by atoms with Gasteiger partial charge < -0.3 is 11.1 Å². The van der Waals surface area contributed by atoms with Crippen molar-refractivity contribution in [3.63, 3.8) is 0 Å². The van der Waals surface area contributed by atoms with E-state index in [0.29, 0.717) is 10.2 Å². The monoisotopic (exact) mass is 304 g/mol. The Morgan fingerprint density at radius 2 is 2.31 bits per heavy atom. The summed E-state index contributed by atoms with van der Waals surface area (Å²) < 4.78 is 13.5. The highest BCUT2D eigenvalue weighted by molar-refractivity contribution is 9.10. The highest BCUT2D eigenvalue weighted by atomic mass is 79.9. The molecule has 5 heteroatoms. The average Bonchev–Trinajstić information content (AvgIpc) is 2.25. The normalized spacial score (nSPS) is 10.1. The first-order valence-corrected chi connectivity index (χ1v) is 6.77. The number of hydrogen-bond donors (Lipinski definition) is 2. The molecule has 0 bridgehead atoms. The van der Waals surface area contributed by atoms with Crippen LogP contribution in [0.5, 0.6) is 0 Å². The molecule has 0 aliphatic heterocycles. The van der Waals surface area contributed by atoms with Gasteiger partial charge in [-0.3, -0.25) is 0 Å². The topological polar surface area (TPSA) is 38.0 Å². The van der Waals surface area contributed by atoms with Crippen molar-refractivity contribution in [3.05, 3.63) is 35.1 Å². The Bertz CT molecular complexity index is 371. The highest BCUT2D eigenvalue weighted by Crippen LogP contribution is 2.26. The Hall–Kier alpha value is -0.680. The van der Waals surface area contributed by atoms with E-state index in [2.05, 4.69) is 27.8 Å². The average molecular weight is 305 g/mol.